The molecular formula is C24H24FN3O3. The van der Waals surface area contributed by atoms with Crippen LogP contribution in [0.2, 0.25) is 0 Å². The lowest BCUT2D eigenvalue weighted by molar-refractivity contribution is -0.153. The monoisotopic (exact) mass is 421 g/mol. The second-order valence-electron chi connectivity index (χ2n) is 8.53. The number of fused-ring (bicyclic) bond motifs is 2. The molecule has 2 N–H and O–H groups in total. The summed E-state index contributed by atoms with van der Waals surface area (Å²) in [5.74, 6) is -0.904. The van der Waals surface area contributed by atoms with E-state index in [4.69, 9.17) is 4.74 Å². The standard InChI is InChI=1S/C24H24FN3O3/c1-13(2)23-22(14-3-8-21(24(29)30)31-12-14)18-10-19-15(11-26-27-19)9-20(18)28(23)17-6-4-16(25)5-7-17/h4-7,9-11,13-14,21H,3,8,12H2,1-2H3,(H,26,27)(H,29,30)/t14-,21+/m0/s1. The van der Waals surface area contributed by atoms with Crippen LogP contribution in [-0.4, -0.2) is 38.6 Å². The van der Waals surface area contributed by atoms with Crippen LogP contribution in [0.1, 0.15) is 49.8 Å². The molecule has 5 rings (SSSR count). The summed E-state index contributed by atoms with van der Waals surface area (Å²) in [6.07, 6.45) is 2.27. The molecule has 160 valence electrons. The number of aliphatic carboxylic acids is 1. The van der Waals surface area contributed by atoms with E-state index in [0.29, 0.717) is 13.0 Å². The number of halogens is 1. The topological polar surface area (TPSA) is 80.1 Å². The summed E-state index contributed by atoms with van der Waals surface area (Å²) in [7, 11) is 0. The normalized spacial score (nSPS) is 19.5. The molecule has 0 saturated carbocycles. The third-order valence-corrected chi connectivity index (χ3v) is 6.20. The predicted molar refractivity (Wildman–Crippen MR) is 116 cm³/mol. The summed E-state index contributed by atoms with van der Waals surface area (Å²) in [5.41, 5.74) is 5.18. The quantitative estimate of drug-likeness (QED) is 0.479. The Kier molecular flexibility index (Phi) is 4.78. The van der Waals surface area contributed by atoms with Gasteiger partial charge in [0.2, 0.25) is 0 Å². The number of aromatic amines is 1. The molecule has 6 nitrogen and oxygen atoms in total. The highest BCUT2D eigenvalue weighted by atomic mass is 19.1. The predicted octanol–water partition coefficient (Wildman–Crippen LogP) is 5.12. The molecule has 2 aromatic heterocycles. The van der Waals surface area contributed by atoms with Gasteiger partial charge in [0.1, 0.15) is 5.82 Å². The molecule has 2 atom stereocenters. The van der Waals surface area contributed by atoms with E-state index in [2.05, 4.69) is 40.7 Å². The molecule has 3 heterocycles. The fourth-order valence-electron chi connectivity index (χ4n) is 4.81. The lowest BCUT2D eigenvalue weighted by Crippen LogP contribution is -2.31. The van der Waals surface area contributed by atoms with E-state index in [1.165, 1.54) is 17.7 Å². The highest BCUT2D eigenvalue weighted by molar-refractivity contribution is 5.99. The molecule has 0 amide bonds. The Morgan fingerprint density at radius 3 is 2.68 bits per heavy atom. The van der Waals surface area contributed by atoms with Crippen molar-refractivity contribution in [2.45, 2.75) is 44.6 Å². The second-order valence-corrected chi connectivity index (χ2v) is 8.53. The van der Waals surface area contributed by atoms with Crippen molar-refractivity contribution >= 4 is 27.8 Å². The van der Waals surface area contributed by atoms with Crippen molar-refractivity contribution in [1.29, 1.82) is 0 Å². The van der Waals surface area contributed by atoms with Crippen LogP contribution in [0.4, 0.5) is 4.39 Å². The molecule has 1 fully saturated rings. The number of carboxylic acid groups (broad SMARTS) is 1. The molecule has 1 saturated heterocycles. The zero-order valence-electron chi connectivity index (χ0n) is 17.4. The molecule has 2 aromatic carbocycles. The van der Waals surface area contributed by atoms with Crippen LogP contribution in [0.5, 0.6) is 0 Å². The number of nitrogens with zero attached hydrogens (tertiary/aromatic N) is 2. The first-order chi connectivity index (χ1) is 14.9. The van der Waals surface area contributed by atoms with Crippen molar-refractivity contribution in [2.24, 2.45) is 0 Å². The van der Waals surface area contributed by atoms with Crippen LogP contribution < -0.4 is 0 Å². The first-order valence-electron chi connectivity index (χ1n) is 10.6. The molecule has 0 unspecified atom stereocenters. The van der Waals surface area contributed by atoms with Crippen LogP contribution in [0.3, 0.4) is 0 Å². The Balaban J connectivity index is 1.76. The Bertz CT molecular complexity index is 1260. The molecular weight excluding hydrogens is 397 g/mol. The maximum absolute atomic E-state index is 13.7. The van der Waals surface area contributed by atoms with Gasteiger partial charge in [-0.15, -0.1) is 0 Å². The number of hydrogen-bond acceptors (Lipinski definition) is 3. The van der Waals surface area contributed by atoms with Crippen LogP contribution >= 0.6 is 0 Å². The number of H-pyrrole nitrogens is 1. The number of ether oxygens (including phenoxy) is 1. The first kappa shape index (κ1) is 19.8. The summed E-state index contributed by atoms with van der Waals surface area (Å²) in [4.78, 5) is 11.3. The van der Waals surface area contributed by atoms with Gasteiger partial charge in [0.25, 0.3) is 0 Å². The maximum atomic E-state index is 13.7. The van der Waals surface area contributed by atoms with Gasteiger partial charge in [-0.3, -0.25) is 5.10 Å². The molecule has 31 heavy (non-hydrogen) atoms. The van der Waals surface area contributed by atoms with E-state index >= 15 is 0 Å². The number of benzene rings is 2. The number of aromatic nitrogens is 3. The summed E-state index contributed by atoms with van der Waals surface area (Å²) in [6.45, 7) is 4.66. The number of nitrogens with one attached hydrogen (secondary N) is 1. The number of carbonyl (C=O) groups is 1. The summed E-state index contributed by atoms with van der Waals surface area (Å²) in [6, 6.07) is 10.8. The van der Waals surface area contributed by atoms with Crippen molar-refractivity contribution in [1.82, 2.24) is 14.8 Å². The lowest BCUT2D eigenvalue weighted by Gasteiger charge is -2.28. The Labute approximate surface area is 178 Å². The molecule has 4 aromatic rings. The van der Waals surface area contributed by atoms with Crippen LogP contribution in [0.15, 0.2) is 42.6 Å². The van der Waals surface area contributed by atoms with E-state index in [0.717, 1.165) is 39.6 Å². The van der Waals surface area contributed by atoms with Crippen LogP contribution in [-0.2, 0) is 9.53 Å². The maximum Gasteiger partial charge on any atom is 0.332 e. The molecule has 1 aliphatic rings. The number of carboxylic acids is 1. The van der Waals surface area contributed by atoms with Crippen molar-refractivity contribution in [3.8, 4) is 5.69 Å². The Hall–Kier alpha value is -3.19. The van der Waals surface area contributed by atoms with Crippen LogP contribution in [0, 0.1) is 5.82 Å². The van der Waals surface area contributed by atoms with E-state index in [9.17, 15) is 14.3 Å². The van der Waals surface area contributed by atoms with E-state index < -0.39 is 12.1 Å². The van der Waals surface area contributed by atoms with Gasteiger partial charge in [-0.1, -0.05) is 13.8 Å². The largest absolute Gasteiger partial charge is 0.479 e. The molecule has 0 bridgehead atoms. The molecule has 1 aliphatic heterocycles. The SMILES string of the molecule is CC(C)c1c([C@H]2CC[C@H](C(=O)O)OC2)c2cc3[nH]ncc3cc2n1-c1ccc(F)cc1. The van der Waals surface area contributed by atoms with E-state index in [1.807, 2.05) is 0 Å². The lowest BCUT2D eigenvalue weighted by atomic mass is 9.87. The average molecular weight is 421 g/mol. The van der Waals surface area contributed by atoms with Crippen molar-refractivity contribution < 1.29 is 19.0 Å². The third kappa shape index (κ3) is 3.29. The minimum atomic E-state index is -0.907. The van der Waals surface area contributed by atoms with Gasteiger partial charge in [-0.2, -0.15) is 5.10 Å². The minimum absolute atomic E-state index is 0.0811. The van der Waals surface area contributed by atoms with Gasteiger partial charge < -0.3 is 14.4 Å². The van der Waals surface area contributed by atoms with Crippen molar-refractivity contribution in [2.75, 3.05) is 6.61 Å². The van der Waals surface area contributed by atoms with E-state index in [1.54, 1.807) is 18.3 Å². The van der Waals surface area contributed by atoms with Gasteiger partial charge >= 0.3 is 5.97 Å². The molecule has 0 aliphatic carbocycles. The Morgan fingerprint density at radius 1 is 1.26 bits per heavy atom. The van der Waals surface area contributed by atoms with Gasteiger partial charge in [-0.25, -0.2) is 9.18 Å². The van der Waals surface area contributed by atoms with Gasteiger partial charge in [-0.05, 0) is 60.7 Å². The molecule has 0 radical (unpaired) electrons. The Morgan fingerprint density at radius 2 is 2.03 bits per heavy atom. The third-order valence-electron chi connectivity index (χ3n) is 6.20. The minimum Gasteiger partial charge on any atom is -0.479 e. The molecule has 7 heteroatoms. The zero-order chi connectivity index (χ0) is 21.7. The van der Waals surface area contributed by atoms with Gasteiger partial charge in [0, 0.05) is 28.1 Å². The molecule has 0 spiro atoms. The summed E-state index contributed by atoms with van der Waals surface area (Å²) in [5, 5.41) is 18.6. The number of hydrogen-bond donors (Lipinski definition) is 2. The van der Waals surface area contributed by atoms with Crippen LogP contribution in [0.25, 0.3) is 27.5 Å². The fraction of sp³-hybridized carbons (Fsp3) is 0.333. The highest BCUT2D eigenvalue weighted by Crippen LogP contribution is 2.42. The average Bonchev–Trinajstić information content (AvgIpc) is 3.34. The second kappa shape index (κ2) is 7.50. The van der Waals surface area contributed by atoms with Crippen molar-refractivity contribution in [3.63, 3.8) is 0 Å². The fourth-order valence-corrected chi connectivity index (χ4v) is 4.81. The van der Waals surface area contributed by atoms with Crippen molar-refractivity contribution in [3.05, 3.63) is 59.7 Å². The zero-order valence-corrected chi connectivity index (χ0v) is 17.4. The summed E-state index contributed by atoms with van der Waals surface area (Å²) < 4.78 is 21.6. The smallest absolute Gasteiger partial charge is 0.332 e. The first-order valence-corrected chi connectivity index (χ1v) is 10.6. The number of rotatable bonds is 4. The van der Waals surface area contributed by atoms with E-state index in [-0.39, 0.29) is 17.7 Å². The highest BCUT2D eigenvalue weighted by Gasteiger charge is 2.32. The van der Waals surface area contributed by atoms with Gasteiger partial charge in [0.05, 0.1) is 23.8 Å². The summed E-state index contributed by atoms with van der Waals surface area (Å²) >= 11 is 0. The van der Waals surface area contributed by atoms with Gasteiger partial charge in [0.15, 0.2) is 6.10 Å².